The van der Waals surface area contributed by atoms with E-state index in [2.05, 4.69) is 135 Å². The van der Waals surface area contributed by atoms with Gasteiger partial charge in [-0.25, -0.2) is 0 Å². The van der Waals surface area contributed by atoms with Crippen molar-refractivity contribution in [1.29, 1.82) is 0 Å². The predicted octanol–water partition coefficient (Wildman–Crippen LogP) is 25.7. The van der Waals surface area contributed by atoms with Crippen molar-refractivity contribution in [3.05, 3.63) is 115 Å². The molecule has 0 saturated heterocycles. The Kier molecular flexibility index (Phi) is 36.5. The van der Waals surface area contributed by atoms with Crippen LogP contribution in [0.3, 0.4) is 0 Å². The van der Waals surface area contributed by atoms with E-state index in [1.165, 1.54) is 110 Å². The smallest absolute Gasteiger partial charge is 0.309 e. The Morgan fingerprint density at radius 3 is 0.824 bits per heavy atom. The van der Waals surface area contributed by atoms with Crippen LogP contribution in [0.5, 0.6) is 23.0 Å². The Labute approximate surface area is 655 Å². The molecule has 0 spiro atoms. The molecule has 0 unspecified atom stereocenters. The number of carbonyl (C=O) groups is 4. The molecule has 0 aromatic heterocycles. The molecule has 4 aromatic rings. The molecule has 8 N–H and O–H groups in total. The number of aromatic hydroxyl groups is 4. The third-order valence-corrected chi connectivity index (χ3v) is 24.5. The number of aliphatic carboxylic acids is 4. The van der Waals surface area contributed by atoms with Crippen molar-refractivity contribution in [3.8, 4) is 23.0 Å². The zero-order valence-corrected chi connectivity index (χ0v) is 70.9. The van der Waals surface area contributed by atoms with Crippen LogP contribution in [-0.4, -0.2) is 64.7 Å². The number of carboxylic acids is 4. The lowest BCUT2D eigenvalue weighted by Gasteiger charge is -2.19. The molecule has 4 aliphatic carbocycles. The second-order valence-electron chi connectivity index (χ2n) is 39.2. The average molecular weight is 1500 g/mol. The number of benzene rings is 4. The maximum absolute atomic E-state index is 11.3. The molecule has 4 fully saturated rings. The highest BCUT2D eigenvalue weighted by molar-refractivity contribution is 5.79. The Morgan fingerprint density at radius 2 is 0.537 bits per heavy atom. The number of hydrogen-bond acceptors (Lipinski definition) is 8. The summed E-state index contributed by atoms with van der Waals surface area (Å²) in [5.74, 6) is -2.52. The summed E-state index contributed by atoms with van der Waals surface area (Å²) in [4.78, 5) is 45.0. The fourth-order valence-corrected chi connectivity index (χ4v) is 15.8. The summed E-state index contributed by atoms with van der Waals surface area (Å²) in [6.45, 7) is 36.3. The van der Waals surface area contributed by atoms with Crippen LogP contribution in [0.25, 0.3) is 0 Å². The SMILES string of the molecule is CC(C)(C)CCCCc1c(CCCCCC2(C(=O)O)CC2)ccc(O)c1O.CC(C)(C)CCCCc1cc(O)c(O)cc1CCCCCC1(C(=O)O)CC1.Cc1cc(CCCCCC2(C(=O)O)CC2)c(CCCCC(C)(C)C)cc1C.Cc1ccc(CCCCCC2(C(=O)O)CC2)c(CCCCC(C)(C)C)c1C. The number of unbranched alkanes of at least 4 members (excludes halogenated alkanes) is 12. The molecule has 0 heterocycles. The quantitative estimate of drug-likeness (QED) is 0.0153. The first kappa shape index (κ1) is 92.6. The zero-order chi connectivity index (χ0) is 80.3. The first-order valence-electron chi connectivity index (χ1n) is 42.7. The van der Waals surface area contributed by atoms with Gasteiger partial charge in [0.05, 0.1) is 21.7 Å². The highest BCUT2D eigenvalue weighted by Gasteiger charge is 2.51. The number of phenols is 4. The van der Waals surface area contributed by atoms with Gasteiger partial charge in [0.25, 0.3) is 0 Å². The van der Waals surface area contributed by atoms with E-state index in [4.69, 9.17) is 0 Å². The van der Waals surface area contributed by atoms with Crippen LogP contribution in [0.15, 0.2) is 48.5 Å². The monoisotopic (exact) mass is 1500 g/mol. The molecular weight excluding hydrogens is 1350 g/mol. The molecule has 4 saturated carbocycles. The number of carboxylic acid groups (broad SMARTS) is 4. The lowest BCUT2D eigenvalue weighted by atomic mass is 9.87. The molecule has 4 aliphatic rings. The van der Waals surface area contributed by atoms with Crippen molar-refractivity contribution >= 4 is 23.9 Å². The molecule has 608 valence electrons. The van der Waals surface area contributed by atoms with Crippen LogP contribution in [0, 0.1) is 71.0 Å². The summed E-state index contributed by atoms with van der Waals surface area (Å²) in [5, 5.41) is 76.9. The maximum Gasteiger partial charge on any atom is 0.309 e. The van der Waals surface area contributed by atoms with Gasteiger partial charge in [0, 0.05) is 5.56 Å². The fraction of sp³-hybridized carbons (Fsp3) is 0.708. The lowest BCUT2D eigenvalue weighted by Crippen LogP contribution is -2.14. The van der Waals surface area contributed by atoms with E-state index in [1.807, 2.05) is 6.07 Å². The van der Waals surface area contributed by atoms with Crippen LogP contribution >= 0.6 is 0 Å². The molecule has 108 heavy (non-hydrogen) atoms. The summed E-state index contributed by atoms with van der Waals surface area (Å²) >= 11 is 0. The topological polar surface area (TPSA) is 230 Å². The van der Waals surface area contributed by atoms with E-state index in [0.717, 1.165) is 234 Å². The molecule has 0 radical (unpaired) electrons. The summed E-state index contributed by atoms with van der Waals surface area (Å²) in [5.41, 5.74) is 16.1. The van der Waals surface area contributed by atoms with Gasteiger partial charge >= 0.3 is 23.9 Å². The molecule has 4 aromatic carbocycles. The second-order valence-corrected chi connectivity index (χ2v) is 39.2. The molecule has 0 amide bonds. The van der Waals surface area contributed by atoms with Crippen molar-refractivity contribution in [2.24, 2.45) is 43.3 Å². The van der Waals surface area contributed by atoms with Gasteiger partial charge < -0.3 is 40.9 Å². The van der Waals surface area contributed by atoms with Crippen LogP contribution in [0.4, 0.5) is 0 Å². The molecule has 0 aliphatic heterocycles. The van der Waals surface area contributed by atoms with Crippen LogP contribution in [-0.2, 0) is 70.5 Å². The van der Waals surface area contributed by atoms with Gasteiger partial charge in [0.15, 0.2) is 23.0 Å². The number of rotatable bonds is 44. The second kappa shape index (κ2) is 42.6. The van der Waals surface area contributed by atoms with Gasteiger partial charge in [0.2, 0.25) is 0 Å². The fourth-order valence-electron chi connectivity index (χ4n) is 15.8. The lowest BCUT2D eigenvalue weighted by molar-refractivity contribution is -0.144. The summed E-state index contributed by atoms with van der Waals surface area (Å²) in [7, 11) is 0. The average Bonchev–Trinajstić information content (AvgIpc) is 1.64. The Hall–Kier alpha value is -6.04. The van der Waals surface area contributed by atoms with Gasteiger partial charge in [0.1, 0.15) is 0 Å². The van der Waals surface area contributed by atoms with Crippen molar-refractivity contribution in [2.45, 2.75) is 393 Å². The van der Waals surface area contributed by atoms with Crippen LogP contribution < -0.4 is 0 Å². The van der Waals surface area contributed by atoms with E-state index in [-0.39, 0.29) is 33.8 Å². The summed E-state index contributed by atoms with van der Waals surface area (Å²) < 4.78 is 0. The molecular formula is C96H152O12. The molecule has 12 nitrogen and oxygen atoms in total. The van der Waals surface area contributed by atoms with Crippen LogP contribution in [0.1, 0.15) is 381 Å². The molecule has 0 atom stereocenters. The highest BCUT2D eigenvalue weighted by Crippen LogP contribution is 2.53. The number of phenolic OH excluding ortho intramolecular Hbond substituents is 4. The standard InChI is InChI=1S/2C25H40O2.2C23H36O4/c1-19-13-14-21(11-7-6-9-16-25(17-18-25)23(26)27)22(20(19)2)12-8-10-15-24(3,4)5;1-19-17-21(11-7-6-9-14-25(15-16-25)23(26)27)22(18-20(19)2)12-8-10-13-24(3,4)5;1-22(2,3)13-8-6-10-18-17(11-12-19(24)20(18)25)9-5-4-7-14-23(15-16-23)21(26)27;1-22(2,3)11-8-6-10-18-16-20(25)19(24)15-17(18)9-5-4-7-12-23(13-14-23)21(26)27/h13-14H,6-12,15-18H2,1-5H3,(H,26,27);17-18H,6-16H2,1-5H3,(H,26,27);11-12,24-25H,4-10,13-16H2,1-3H3,(H,26,27);15-16,24-25H,4-14H2,1-3H3,(H,26,27). The van der Waals surface area contributed by atoms with Crippen LogP contribution in [0.2, 0.25) is 0 Å². The number of hydrogen-bond donors (Lipinski definition) is 8. The van der Waals surface area contributed by atoms with Gasteiger partial charge in [-0.15, -0.1) is 0 Å². The van der Waals surface area contributed by atoms with Crippen molar-refractivity contribution in [1.82, 2.24) is 0 Å². The van der Waals surface area contributed by atoms with E-state index < -0.39 is 34.7 Å². The van der Waals surface area contributed by atoms with E-state index >= 15 is 0 Å². The van der Waals surface area contributed by atoms with Gasteiger partial charge in [-0.1, -0.05) is 190 Å². The Morgan fingerprint density at radius 1 is 0.287 bits per heavy atom. The number of aryl methyl sites for hydroxylation is 9. The predicted molar refractivity (Wildman–Crippen MR) is 445 cm³/mol. The van der Waals surface area contributed by atoms with Crippen molar-refractivity contribution in [2.75, 3.05) is 0 Å². The Balaban J connectivity index is 0.000000258. The highest BCUT2D eigenvalue weighted by atomic mass is 16.4. The largest absolute Gasteiger partial charge is 0.504 e. The van der Waals surface area contributed by atoms with E-state index in [9.17, 15) is 60.0 Å². The summed E-state index contributed by atoms with van der Waals surface area (Å²) in [6.07, 6.45) is 45.2. The zero-order valence-electron chi connectivity index (χ0n) is 70.9. The molecule has 0 bridgehead atoms. The van der Waals surface area contributed by atoms with Crippen molar-refractivity contribution < 1.29 is 60.0 Å². The van der Waals surface area contributed by atoms with E-state index in [0.29, 0.717) is 21.7 Å². The van der Waals surface area contributed by atoms with Crippen molar-refractivity contribution in [3.63, 3.8) is 0 Å². The first-order chi connectivity index (χ1) is 50.5. The minimum absolute atomic E-state index is 0.0334. The van der Waals surface area contributed by atoms with E-state index in [1.54, 1.807) is 23.8 Å². The third kappa shape index (κ3) is 33.1. The normalized spacial score (nSPS) is 15.7. The minimum atomic E-state index is -0.636. The summed E-state index contributed by atoms with van der Waals surface area (Å²) in [6, 6.07) is 16.3. The Bertz CT molecular complexity index is 3150. The first-order valence-corrected chi connectivity index (χ1v) is 42.7. The van der Waals surface area contributed by atoms with Gasteiger partial charge in [-0.3, -0.25) is 19.2 Å². The molecule has 8 rings (SSSR count). The van der Waals surface area contributed by atoms with Gasteiger partial charge in [-0.05, 0) is 334 Å². The minimum Gasteiger partial charge on any atom is -0.504 e. The molecule has 12 heteroatoms. The maximum atomic E-state index is 11.3. The van der Waals surface area contributed by atoms with Gasteiger partial charge in [-0.2, -0.15) is 0 Å². The third-order valence-electron chi connectivity index (χ3n) is 24.5.